The molecular formula is C19H20ClNO. The number of nitrogens with zero attached hydrogens (tertiary/aromatic N) is 1. The summed E-state index contributed by atoms with van der Waals surface area (Å²) in [5.74, 6) is 0.233. The van der Waals surface area contributed by atoms with E-state index in [2.05, 4.69) is 24.3 Å². The van der Waals surface area contributed by atoms with E-state index in [9.17, 15) is 4.79 Å². The summed E-state index contributed by atoms with van der Waals surface area (Å²) in [5.41, 5.74) is 3.70. The highest BCUT2D eigenvalue weighted by molar-refractivity contribution is 6.30. The van der Waals surface area contributed by atoms with Gasteiger partial charge in [0.05, 0.1) is 6.04 Å². The number of hydrogen-bond donors (Lipinski definition) is 0. The van der Waals surface area contributed by atoms with Crippen molar-refractivity contribution in [3.8, 4) is 0 Å². The highest BCUT2D eigenvalue weighted by atomic mass is 35.5. The van der Waals surface area contributed by atoms with Gasteiger partial charge in [0.15, 0.2) is 0 Å². The third-order valence-corrected chi connectivity index (χ3v) is 4.51. The third-order valence-electron chi connectivity index (χ3n) is 4.25. The van der Waals surface area contributed by atoms with Gasteiger partial charge in [-0.15, -0.1) is 0 Å². The summed E-state index contributed by atoms with van der Waals surface area (Å²) in [4.78, 5) is 14.6. The van der Waals surface area contributed by atoms with E-state index in [1.165, 1.54) is 11.1 Å². The standard InChI is InChI=1S/C19H20ClNO/c1-2-5-18(22)21-13-12-14-6-3-4-7-17(14)19(21)15-8-10-16(20)11-9-15/h3-4,6-11,19H,2,5,12-13H2,1H3. The van der Waals surface area contributed by atoms with Crippen LogP contribution in [0.15, 0.2) is 48.5 Å². The number of amides is 1. The van der Waals surface area contributed by atoms with Gasteiger partial charge in [0.1, 0.15) is 0 Å². The lowest BCUT2D eigenvalue weighted by atomic mass is 9.88. The molecule has 2 aromatic carbocycles. The molecule has 0 aliphatic carbocycles. The number of carbonyl (C=O) groups excluding carboxylic acids is 1. The smallest absolute Gasteiger partial charge is 0.223 e. The molecule has 0 N–H and O–H groups in total. The molecule has 22 heavy (non-hydrogen) atoms. The Morgan fingerprint density at radius 3 is 2.64 bits per heavy atom. The van der Waals surface area contributed by atoms with Crippen LogP contribution in [0.2, 0.25) is 5.02 Å². The summed E-state index contributed by atoms with van der Waals surface area (Å²) >= 11 is 6.02. The number of fused-ring (bicyclic) bond motifs is 1. The van der Waals surface area contributed by atoms with Gasteiger partial charge in [-0.3, -0.25) is 4.79 Å². The van der Waals surface area contributed by atoms with Crippen LogP contribution in [0.25, 0.3) is 0 Å². The lowest BCUT2D eigenvalue weighted by Crippen LogP contribution is -2.40. The van der Waals surface area contributed by atoms with E-state index in [0.29, 0.717) is 6.42 Å². The quantitative estimate of drug-likeness (QED) is 0.810. The van der Waals surface area contributed by atoms with Crippen molar-refractivity contribution in [3.63, 3.8) is 0 Å². The average Bonchev–Trinajstić information content (AvgIpc) is 2.55. The lowest BCUT2D eigenvalue weighted by molar-refractivity contribution is -0.133. The molecule has 2 nitrogen and oxygen atoms in total. The SMILES string of the molecule is CCCC(=O)N1CCc2ccccc2C1c1ccc(Cl)cc1. The zero-order chi connectivity index (χ0) is 15.5. The minimum Gasteiger partial charge on any atom is -0.331 e. The lowest BCUT2D eigenvalue weighted by Gasteiger charge is -2.38. The molecule has 1 heterocycles. The van der Waals surface area contributed by atoms with Crippen molar-refractivity contribution in [3.05, 3.63) is 70.2 Å². The Balaban J connectivity index is 2.05. The first kappa shape index (κ1) is 15.1. The molecule has 1 aliphatic rings. The highest BCUT2D eigenvalue weighted by Crippen LogP contribution is 2.35. The van der Waals surface area contributed by atoms with Crippen LogP contribution >= 0.6 is 11.6 Å². The van der Waals surface area contributed by atoms with Crippen molar-refractivity contribution < 1.29 is 4.79 Å². The van der Waals surface area contributed by atoms with Crippen LogP contribution in [0.4, 0.5) is 0 Å². The molecule has 114 valence electrons. The fourth-order valence-corrected chi connectivity index (χ4v) is 3.32. The molecule has 1 unspecified atom stereocenters. The molecule has 1 aliphatic heterocycles. The molecule has 1 atom stereocenters. The number of benzene rings is 2. The molecule has 0 saturated heterocycles. The molecule has 0 bridgehead atoms. The van der Waals surface area contributed by atoms with E-state index >= 15 is 0 Å². The molecule has 2 aromatic rings. The van der Waals surface area contributed by atoms with Gasteiger partial charge in [-0.1, -0.05) is 54.9 Å². The first-order valence-corrected chi connectivity index (χ1v) is 8.21. The predicted molar refractivity (Wildman–Crippen MR) is 90.1 cm³/mol. The Morgan fingerprint density at radius 2 is 1.91 bits per heavy atom. The maximum atomic E-state index is 12.6. The zero-order valence-electron chi connectivity index (χ0n) is 12.8. The second-order valence-electron chi connectivity index (χ2n) is 5.74. The molecule has 1 amide bonds. The van der Waals surface area contributed by atoms with Crippen molar-refractivity contribution >= 4 is 17.5 Å². The van der Waals surface area contributed by atoms with Crippen LogP contribution < -0.4 is 0 Å². The molecule has 0 aromatic heterocycles. The Bertz CT molecular complexity index is 665. The maximum absolute atomic E-state index is 12.6. The Kier molecular flexibility index (Phi) is 4.49. The van der Waals surface area contributed by atoms with Crippen LogP contribution in [0.5, 0.6) is 0 Å². The average molecular weight is 314 g/mol. The van der Waals surface area contributed by atoms with E-state index in [0.717, 1.165) is 30.0 Å². The summed E-state index contributed by atoms with van der Waals surface area (Å²) in [6, 6.07) is 16.3. The van der Waals surface area contributed by atoms with Gasteiger partial charge in [0.25, 0.3) is 0 Å². The van der Waals surface area contributed by atoms with Crippen LogP contribution in [0, 0.1) is 0 Å². The number of hydrogen-bond acceptors (Lipinski definition) is 1. The first-order valence-electron chi connectivity index (χ1n) is 7.83. The van der Waals surface area contributed by atoms with E-state index in [4.69, 9.17) is 11.6 Å². The van der Waals surface area contributed by atoms with E-state index < -0.39 is 0 Å². The van der Waals surface area contributed by atoms with Crippen molar-refractivity contribution in [2.24, 2.45) is 0 Å². The Morgan fingerprint density at radius 1 is 1.18 bits per heavy atom. The van der Waals surface area contributed by atoms with E-state index in [-0.39, 0.29) is 11.9 Å². The van der Waals surface area contributed by atoms with Gasteiger partial charge in [-0.05, 0) is 41.7 Å². The number of rotatable bonds is 3. The van der Waals surface area contributed by atoms with Gasteiger partial charge in [-0.2, -0.15) is 0 Å². The zero-order valence-corrected chi connectivity index (χ0v) is 13.5. The fraction of sp³-hybridized carbons (Fsp3) is 0.316. The van der Waals surface area contributed by atoms with Crippen LogP contribution in [0.1, 0.15) is 42.5 Å². The summed E-state index contributed by atoms with van der Waals surface area (Å²) in [5, 5.41) is 0.722. The number of carbonyl (C=O) groups is 1. The largest absolute Gasteiger partial charge is 0.331 e. The first-order chi connectivity index (χ1) is 10.7. The molecule has 3 heteroatoms. The summed E-state index contributed by atoms with van der Waals surface area (Å²) < 4.78 is 0. The normalized spacial score (nSPS) is 17.2. The highest BCUT2D eigenvalue weighted by Gasteiger charge is 2.31. The maximum Gasteiger partial charge on any atom is 0.223 e. The van der Waals surface area contributed by atoms with Gasteiger partial charge in [0.2, 0.25) is 5.91 Å². The monoisotopic (exact) mass is 313 g/mol. The third kappa shape index (κ3) is 2.89. The molecule has 3 rings (SSSR count). The van der Waals surface area contributed by atoms with Gasteiger partial charge >= 0.3 is 0 Å². The second-order valence-corrected chi connectivity index (χ2v) is 6.18. The minimum atomic E-state index is 0.00117. The van der Waals surface area contributed by atoms with E-state index in [1.54, 1.807) is 0 Å². The Hall–Kier alpha value is -1.80. The minimum absolute atomic E-state index is 0.00117. The van der Waals surface area contributed by atoms with Crippen molar-refractivity contribution in [1.29, 1.82) is 0 Å². The molecule has 0 spiro atoms. The number of halogens is 1. The van der Waals surface area contributed by atoms with Crippen molar-refractivity contribution in [1.82, 2.24) is 4.90 Å². The summed E-state index contributed by atoms with van der Waals surface area (Å²) in [7, 11) is 0. The van der Waals surface area contributed by atoms with Crippen molar-refractivity contribution in [2.75, 3.05) is 6.54 Å². The van der Waals surface area contributed by atoms with Crippen molar-refractivity contribution in [2.45, 2.75) is 32.2 Å². The summed E-state index contributed by atoms with van der Waals surface area (Å²) in [6.45, 7) is 2.83. The topological polar surface area (TPSA) is 20.3 Å². The Labute approximate surface area is 136 Å². The predicted octanol–water partition coefficient (Wildman–Crippen LogP) is 4.61. The molecule has 0 fully saturated rings. The molecular weight excluding hydrogens is 294 g/mol. The van der Waals surface area contributed by atoms with Crippen LogP contribution in [-0.2, 0) is 11.2 Å². The van der Waals surface area contributed by atoms with Gasteiger partial charge in [0, 0.05) is 18.0 Å². The van der Waals surface area contributed by atoms with Crippen LogP contribution in [0.3, 0.4) is 0 Å². The van der Waals surface area contributed by atoms with E-state index in [1.807, 2.05) is 36.1 Å². The molecule has 0 radical (unpaired) electrons. The second kappa shape index (κ2) is 6.53. The molecule has 0 saturated carbocycles. The van der Waals surface area contributed by atoms with Gasteiger partial charge in [-0.25, -0.2) is 0 Å². The van der Waals surface area contributed by atoms with Crippen LogP contribution in [-0.4, -0.2) is 17.4 Å². The summed E-state index contributed by atoms with van der Waals surface area (Å²) in [6.07, 6.45) is 2.41. The fourth-order valence-electron chi connectivity index (χ4n) is 3.20. The van der Waals surface area contributed by atoms with Gasteiger partial charge < -0.3 is 4.90 Å².